The van der Waals surface area contributed by atoms with Crippen LogP contribution in [0.2, 0.25) is 0 Å². The van der Waals surface area contributed by atoms with Crippen molar-refractivity contribution in [3.8, 4) is 0 Å². The van der Waals surface area contributed by atoms with Gasteiger partial charge in [-0.1, -0.05) is 12.1 Å². The molecule has 0 bridgehead atoms. The van der Waals surface area contributed by atoms with Crippen molar-refractivity contribution >= 4 is 17.4 Å². The molecule has 18 heavy (non-hydrogen) atoms. The van der Waals surface area contributed by atoms with E-state index in [1.54, 1.807) is 25.1 Å². The predicted molar refractivity (Wildman–Crippen MR) is 68.3 cm³/mol. The first kappa shape index (κ1) is 12.4. The lowest BCUT2D eigenvalue weighted by Gasteiger charge is -2.11. The second kappa shape index (κ2) is 5.04. The molecule has 0 saturated carbocycles. The summed E-state index contributed by atoms with van der Waals surface area (Å²) in [6, 6.07) is 7.11. The van der Waals surface area contributed by atoms with Crippen LogP contribution < -0.4 is 5.32 Å². The van der Waals surface area contributed by atoms with Gasteiger partial charge in [-0.2, -0.15) is 0 Å². The van der Waals surface area contributed by atoms with E-state index in [4.69, 9.17) is 4.74 Å². The quantitative estimate of drug-likeness (QED) is 0.831. The van der Waals surface area contributed by atoms with Crippen LogP contribution in [0.5, 0.6) is 0 Å². The molecule has 4 heteroatoms. The molecule has 0 heterocycles. The van der Waals surface area contributed by atoms with Gasteiger partial charge in [-0.25, -0.2) is 4.79 Å². The summed E-state index contributed by atoms with van der Waals surface area (Å²) in [7, 11) is 1.35. The summed E-state index contributed by atoms with van der Waals surface area (Å²) in [6.45, 7) is 1.80. The first-order valence-corrected chi connectivity index (χ1v) is 5.81. The Labute approximate surface area is 106 Å². The first-order chi connectivity index (χ1) is 8.63. The molecule has 0 saturated heterocycles. The topological polar surface area (TPSA) is 55.4 Å². The molecule has 0 unspecified atom stereocenters. The van der Waals surface area contributed by atoms with Gasteiger partial charge in [0.15, 0.2) is 5.78 Å². The molecule has 94 valence electrons. The zero-order chi connectivity index (χ0) is 13.1. The standard InChI is InChI=1S/C14H15NO3/c1-9-11(7-8-13(9)16)15-12-6-4-3-5-10(12)14(17)18-2/h3-6,15H,7-8H2,1-2H3. The van der Waals surface area contributed by atoms with Gasteiger partial charge < -0.3 is 10.1 Å². The molecule has 2 rings (SSSR count). The molecule has 4 nitrogen and oxygen atoms in total. The minimum atomic E-state index is -0.388. The summed E-state index contributed by atoms with van der Waals surface area (Å²) in [5.74, 6) is -0.228. The Morgan fingerprint density at radius 1 is 1.28 bits per heavy atom. The Kier molecular flexibility index (Phi) is 3.46. The number of ether oxygens (including phenoxy) is 1. The summed E-state index contributed by atoms with van der Waals surface area (Å²) < 4.78 is 4.73. The van der Waals surface area contributed by atoms with E-state index in [-0.39, 0.29) is 11.8 Å². The number of esters is 1. The fourth-order valence-electron chi connectivity index (χ4n) is 1.98. The number of methoxy groups -OCH3 is 1. The lowest BCUT2D eigenvalue weighted by molar-refractivity contribution is -0.114. The molecule has 0 radical (unpaired) electrons. The Hall–Kier alpha value is -2.10. The third-order valence-electron chi connectivity index (χ3n) is 3.09. The lowest BCUT2D eigenvalue weighted by Crippen LogP contribution is -2.08. The number of allylic oxidation sites excluding steroid dienone is 2. The molecule has 0 spiro atoms. The van der Waals surface area contributed by atoms with Gasteiger partial charge in [0.05, 0.1) is 18.4 Å². The van der Waals surface area contributed by atoms with Gasteiger partial charge in [0.2, 0.25) is 0 Å². The summed E-state index contributed by atoms with van der Waals surface area (Å²) >= 11 is 0. The van der Waals surface area contributed by atoms with E-state index >= 15 is 0 Å². The maximum absolute atomic E-state index is 11.6. The molecule has 0 amide bonds. The van der Waals surface area contributed by atoms with Crippen LogP contribution in [0.1, 0.15) is 30.1 Å². The number of hydrogen-bond acceptors (Lipinski definition) is 4. The van der Waals surface area contributed by atoms with Crippen molar-refractivity contribution in [3.05, 3.63) is 41.1 Å². The van der Waals surface area contributed by atoms with Gasteiger partial charge in [-0.15, -0.1) is 0 Å². The molecule has 0 aromatic heterocycles. The van der Waals surface area contributed by atoms with Crippen molar-refractivity contribution < 1.29 is 14.3 Å². The number of ketones is 1. The maximum atomic E-state index is 11.6. The highest BCUT2D eigenvalue weighted by molar-refractivity contribution is 6.00. The summed E-state index contributed by atoms with van der Waals surface area (Å²) in [4.78, 5) is 23.1. The number of anilines is 1. The van der Waals surface area contributed by atoms with Gasteiger partial charge in [-0.3, -0.25) is 4.79 Å². The van der Waals surface area contributed by atoms with E-state index in [9.17, 15) is 9.59 Å². The molecule has 1 aromatic rings. The van der Waals surface area contributed by atoms with Crippen molar-refractivity contribution in [2.75, 3.05) is 12.4 Å². The Morgan fingerprint density at radius 2 is 2.00 bits per heavy atom. The molecule has 1 aliphatic rings. The molecular weight excluding hydrogens is 230 g/mol. The molecule has 1 N–H and O–H groups in total. The zero-order valence-corrected chi connectivity index (χ0v) is 10.4. The smallest absolute Gasteiger partial charge is 0.339 e. The van der Waals surface area contributed by atoms with E-state index in [0.717, 1.165) is 11.3 Å². The van der Waals surface area contributed by atoms with Crippen LogP contribution >= 0.6 is 0 Å². The number of Topliss-reactive ketones (excluding diaryl/α,β-unsaturated/α-hetero) is 1. The molecule has 1 aromatic carbocycles. The number of hydrogen-bond donors (Lipinski definition) is 1. The number of nitrogens with one attached hydrogen (secondary N) is 1. The fourth-order valence-corrected chi connectivity index (χ4v) is 1.98. The maximum Gasteiger partial charge on any atom is 0.339 e. The molecular formula is C14H15NO3. The monoisotopic (exact) mass is 245 g/mol. The normalized spacial score (nSPS) is 14.9. The van der Waals surface area contributed by atoms with Crippen molar-refractivity contribution in [2.24, 2.45) is 0 Å². The van der Waals surface area contributed by atoms with Gasteiger partial charge in [0, 0.05) is 17.7 Å². The summed E-state index contributed by atoms with van der Waals surface area (Å²) in [5, 5.41) is 3.16. The molecule has 0 fully saturated rings. The SMILES string of the molecule is COC(=O)c1ccccc1NC1=C(C)C(=O)CC1. The average molecular weight is 245 g/mol. The predicted octanol–water partition coefficient (Wildman–Crippen LogP) is 2.52. The highest BCUT2D eigenvalue weighted by Gasteiger charge is 2.20. The van der Waals surface area contributed by atoms with Crippen LogP contribution in [-0.4, -0.2) is 18.9 Å². The average Bonchev–Trinajstić information content (AvgIpc) is 2.70. The van der Waals surface area contributed by atoms with Gasteiger partial charge >= 0.3 is 5.97 Å². The minimum Gasteiger partial charge on any atom is -0.465 e. The fraction of sp³-hybridized carbons (Fsp3) is 0.286. The van der Waals surface area contributed by atoms with Crippen LogP contribution in [0.15, 0.2) is 35.5 Å². The Bertz CT molecular complexity index is 532. The van der Waals surface area contributed by atoms with Crippen molar-refractivity contribution in [1.29, 1.82) is 0 Å². The van der Waals surface area contributed by atoms with Gasteiger partial charge in [0.1, 0.15) is 0 Å². The summed E-state index contributed by atoms with van der Waals surface area (Å²) in [5.41, 5.74) is 2.78. The van der Waals surface area contributed by atoms with E-state index in [0.29, 0.717) is 24.1 Å². The van der Waals surface area contributed by atoms with E-state index in [2.05, 4.69) is 5.32 Å². The third kappa shape index (κ3) is 2.27. The largest absolute Gasteiger partial charge is 0.465 e. The highest BCUT2D eigenvalue weighted by atomic mass is 16.5. The third-order valence-corrected chi connectivity index (χ3v) is 3.09. The van der Waals surface area contributed by atoms with E-state index < -0.39 is 0 Å². The highest BCUT2D eigenvalue weighted by Crippen LogP contribution is 2.26. The van der Waals surface area contributed by atoms with Gasteiger partial charge in [-0.05, 0) is 25.5 Å². The first-order valence-electron chi connectivity index (χ1n) is 5.81. The van der Waals surface area contributed by atoms with Crippen LogP contribution in [0.4, 0.5) is 5.69 Å². The van der Waals surface area contributed by atoms with Crippen LogP contribution in [-0.2, 0) is 9.53 Å². The number of benzene rings is 1. The molecule has 0 atom stereocenters. The second-order valence-corrected chi connectivity index (χ2v) is 4.19. The van der Waals surface area contributed by atoms with Gasteiger partial charge in [0.25, 0.3) is 0 Å². The van der Waals surface area contributed by atoms with Crippen molar-refractivity contribution in [2.45, 2.75) is 19.8 Å². The molecule has 1 aliphatic carbocycles. The lowest BCUT2D eigenvalue weighted by atomic mass is 10.1. The zero-order valence-electron chi connectivity index (χ0n) is 10.4. The van der Waals surface area contributed by atoms with Crippen LogP contribution in [0.25, 0.3) is 0 Å². The number of rotatable bonds is 3. The van der Waals surface area contributed by atoms with Crippen molar-refractivity contribution in [3.63, 3.8) is 0 Å². The van der Waals surface area contributed by atoms with E-state index in [1.807, 2.05) is 6.07 Å². The van der Waals surface area contributed by atoms with E-state index in [1.165, 1.54) is 7.11 Å². The summed E-state index contributed by atoms with van der Waals surface area (Å²) in [6.07, 6.45) is 1.23. The van der Waals surface area contributed by atoms with Crippen molar-refractivity contribution in [1.82, 2.24) is 0 Å². The second-order valence-electron chi connectivity index (χ2n) is 4.19. The number of para-hydroxylation sites is 1. The Balaban J connectivity index is 2.30. The number of carbonyl (C=O) groups is 2. The van der Waals surface area contributed by atoms with Crippen LogP contribution in [0, 0.1) is 0 Å². The Morgan fingerprint density at radius 3 is 2.61 bits per heavy atom. The minimum absolute atomic E-state index is 0.160. The number of carbonyl (C=O) groups excluding carboxylic acids is 2. The van der Waals surface area contributed by atoms with Crippen LogP contribution in [0.3, 0.4) is 0 Å². The molecule has 0 aliphatic heterocycles.